The predicted molar refractivity (Wildman–Crippen MR) is 141 cm³/mol. The summed E-state index contributed by atoms with van der Waals surface area (Å²) < 4.78 is 16.8. The van der Waals surface area contributed by atoms with Gasteiger partial charge in [0.1, 0.15) is 6.04 Å². The van der Waals surface area contributed by atoms with E-state index in [-0.39, 0.29) is 18.4 Å². The predicted octanol–water partition coefficient (Wildman–Crippen LogP) is 4.46. The normalized spacial score (nSPS) is 19.1. The summed E-state index contributed by atoms with van der Waals surface area (Å²) in [5.74, 6) is 1.46. The quantitative estimate of drug-likeness (QED) is 0.434. The summed E-state index contributed by atoms with van der Waals surface area (Å²) in [5.41, 5.74) is 3.78. The number of hydrogen-bond donors (Lipinski definition) is 1. The lowest BCUT2D eigenvalue weighted by molar-refractivity contribution is -0.158. The zero-order valence-corrected chi connectivity index (χ0v) is 22.0. The summed E-state index contributed by atoms with van der Waals surface area (Å²) in [5, 5.41) is 1.08. The molecule has 196 valence electrons. The molecular weight excluding hydrogens is 470 g/mol. The molecule has 8 nitrogen and oxygen atoms in total. The van der Waals surface area contributed by atoms with Crippen molar-refractivity contribution in [3.8, 4) is 17.2 Å². The number of aromatic nitrogens is 1. The van der Waals surface area contributed by atoms with E-state index in [1.165, 1.54) is 0 Å². The largest absolute Gasteiger partial charge is 0.493 e. The molecule has 0 radical (unpaired) electrons. The number of hydrogen-bond acceptors (Lipinski definition) is 5. The van der Waals surface area contributed by atoms with Gasteiger partial charge in [-0.2, -0.15) is 0 Å². The third kappa shape index (κ3) is 4.28. The second-order valence-electron chi connectivity index (χ2n) is 9.77. The number of H-pyrrole nitrogens is 1. The number of carbonyl (C=O) groups is 2. The van der Waals surface area contributed by atoms with Crippen molar-refractivity contribution in [2.24, 2.45) is 0 Å². The molecule has 2 atom stereocenters. The van der Waals surface area contributed by atoms with Crippen LogP contribution in [0.25, 0.3) is 10.9 Å². The lowest BCUT2D eigenvalue weighted by Crippen LogP contribution is -2.63. The van der Waals surface area contributed by atoms with Crippen LogP contribution in [0.5, 0.6) is 17.2 Å². The fraction of sp³-hybridized carbons (Fsp3) is 0.448. The number of piperazine rings is 1. The fourth-order valence-corrected chi connectivity index (χ4v) is 5.85. The molecule has 5 rings (SSSR count). The Morgan fingerprint density at radius 1 is 0.973 bits per heavy atom. The van der Waals surface area contributed by atoms with Crippen LogP contribution in [-0.4, -0.2) is 67.1 Å². The minimum Gasteiger partial charge on any atom is -0.493 e. The number of aromatic amines is 1. The number of fused-ring (bicyclic) bond motifs is 4. The van der Waals surface area contributed by atoms with Gasteiger partial charge in [-0.1, -0.05) is 44.4 Å². The number of amides is 2. The van der Waals surface area contributed by atoms with Crippen molar-refractivity contribution in [1.29, 1.82) is 0 Å². The molecule has 3 heterocycles. The summed E-state index contributed by atoms with van der Waals surface area (Å²) in [7, 11) is 4.71. The average molecular weight is 506 g/mol. The highest BCUT2D eigenvalue weighted by Gasteiger charge is 2.48. The number of benzene rings is 2. The summed E-state index contributed by atoms with van der Waals surface area (Å²) in [6.07, 6.45) is 4.71. The average Bonchev–Trinajstić information content (AvgIpc) is 3.30. The first-order valence-electron chi connectivity index (χ1n) is 13.0. The maximum absolute atomic E-state index is 13.8. The van der Waals surface area contributed by atoms with Crippen molar-refractivity contribution < 1.29 is 23.8 Å². The van der Waals surface area contributed by atoms with Crippen molar-refractivity contribution in [2.45, 2.75) is 51.1 Å². The van der Waals surface area contributed by atoms with E-state index in [2.05, 4.69) is 18.0 Å². The molecule has 1 aromatic heterocycles. The Bertz CT molecular complexity index is 1290. The van der Waals surface area contributed by atoms with E-state index in [0.29, 0.717) is 30.2 Å². The number of ether oxygens (including phenoxy) is 3. The van der Waals surface area contributed by atoms with Gasteiger partial charge in [-0.3, -0.25) is 9.59 Å². The molecule has 0 aliphatic carbocycles. The maximum Gasteiger partial charge on any atom is 0.246 e. The first-order valence-corrected chi connectivity index (χ1v) is 13.0. The van der Waals surface area contributed by atoms with E-state index in [1.54, 1.807) is 31.1 Å². The third-order valence-corrected chi connectivity index (χ3v) is 7.63. The molecule has 0 saturated carbocycles. The molecule has 8 heteroatoms. The number of carbonyl (C=O) groups excluding carboxylic acids is 2. The molecule has 2 amide bonds. The number of methoxy groups -OCH3 is 3. The molecular formula is C29H35N3O5. The standard InChI is InChI=1S/C29H35N3O5/c1-5-6-7-10-13-31-17-25(33)32-22(29(31)34)16-20-19-11-8-9-12-21(19)30-26(20)27(32)18-14-23(35-2)28(37-4)24(15-18)36-3/h8-9,11-12,14-15,22,27,30H,5-7,10,13,16-17H2,1-4H3/t22-,27-/m1/s1. The molecule has 2 aromatic carbocycles. The number of rotatable bonds is 9. The van der Waals surface area contributed by atoms with Crippen LogP contribution in [0.4, 0.5) is 0 Å². The Kier molecular flexibility index (Phi) is 7.00. The summed E-state index contributed by atoms with van der Waals surface area (Å²) in [4.78, 5) is 34.6. The highest BCUT2D eigenvalue weighted by atomic mass is 16.5. The zero-order chi connectivity index (χ0) is 26.1. The van der Waals surface area contributed by atoms with Crippen LogP contribution < -0.4 is 14.2 Å². The molecule has 1 fully saturated rings. The van der Waals surface area contributed by atoms with Crippen molar-refractivity contribution in [1.82, 2.24) is 14.8 Å². The minimum absolute atomic E-state index is 0.0180. The second-order valence-corrected chi connectivity index (χ2v) is 9.77. The Balaban J connectivity index is 1.63. The van der Waals surface area contributed by atoms with Crippen molar-refractivity contribution >= 4 is 22.7 Å². The zero-order valence-electron chi connectivity index (χ0n) is 22.0. The third-order valence-electron chi connectivity index (χ3n) is 7.63. The van der Waals surface area contributed by atoms with Crippen molar-refractivity contribution in [3.63, 3.8) is 0 Å². The Morgan fingerprint density at radius 3 is 2.38 bits per heavy atom. The van der Waals surface area contributed by atoms with Gasteiger partial charge in [-0.05, 0) is 35.7 Å². The van der Waals surface area contributed by atoms with E-state index in [0.717, 1.165) is 53.4 Å². The van der Waals surface area contributed by atoms with E-state index in [4.69, 9.17) is 14.2 Å². The second kappa shape index (κ2) is 10.4. The van der Waals surface area contributed by atoms with Gasteiger partial charge in [0, 0.05) is 29.6 Å². The van der Waals surface area contributed by atoms with Gasteiger partial charge in [-0.25, -0.2) is 0 Å². The van der Waals surface area contributed by atoms with Gasteiger partial charge >= 0.3 is 0 Å². The van der Waals surface area contributed by atoms with Gasteiger partial charge in [0.05, 0.1) is 33.9 Å². The minimum atomic E-state index is -0.566. The molecule has 0 spiro atoms. The fourth-order valence-electron chi connectivity index (χ4n) is 5.85. The molecule has 0 unspecified atom stereocenters. The van der Waals surface area contributed by atoms with Gasteiger partial charge in [0.2, 0.25) is 17.6 Å². The Morgan fingerprint density at radius 2 is 1.70 bits per heavy atom. The topological polar surface area (TPSA) is 84.1 Å². The number of nitrogens with one attached hydrogen (secondary N) is 1. The van der Waals surface area contributed by atoms with Gasteiger partial charge in [0.25, 0.3) is 0 Å². The lowest BCUT2D eigenvalue weighted by atomic mass is 9.86. The molecule has 2 aliphatic rings. The first-order chi connectivity index (χ1) is 18.0. The van der Waals surface area contributed by atoms with Gasteiger partial charge in [-0.15, -0.1) is 0 Å². The summed E-state index contributed by atoms with van der Waals surface area (Å²) in [6, 6.07) is 10.8. The molecule has 0 bridgehead atoms. The number of nitrogens with zero attached hydrogens (tertiary/aromatic N) is 2. The van der Waals surface area contributed by atoms with Crippen LogP contribution in [0, 0.1) is 0 Å². The smallest absolute Gasteiger partial charge is 0.246 e. The highest BCUT2D eigenvalue weighted by Crippen LogP contribution is 2.47. The first kappa shape index (κ1) is 25.0. The Hall–Kier alpha value is -3.68. The molecule has 3 aromatic rings. The summed E-state index contributed by atoms with van der Waals surface area (Å²) >= 11 is 0. The lowest BCUT2D eigenvalue weighted by Gasteiger charge is -2.47. The van der Waals surface area contributed by atoms with E-state index >= 15 is 0 Å². The molecule has 2 aliphatic heterocycles. The van der Waals surface area contributed by atoms with E-state index < -0.39 is 12.1 Å². The van der Waals surface area contributed by atoms with Crippen LogP contribution in [0.15, 0.2) is 36.4 Å². The molecule has 1 saturated heterocycles. The SMILES string of the molecule is CCCCCCN1CC(=O)N2[C@H](c3cc(OC)c(OC)c(OC)c3)c3[nH]c4ccccc4c3C[C@@H]2C1=O. The Labute approximate surface area is 217 Å². The molecule has 1 N–H and O–H groups in total. The van der Waals surface area contributed by atoms with Crippen LogP contribution in [0.3, 0.4) is 0 Å². The van der Waals surface area contributed by atoms with Crippen LogP contribution in [0.1, 0.15) is 55.5 Å². The monoisotopic (exact) mass is 505 g/mol. The molecule has 37 heavy (non-hydrogen) atoms. The van der Waals surface area contributed by atoms with Crippen LogP contribution >= 0.6 is 0 Å². The van der Waals surface area contributed by atoms with Gasteiger partial charge < -0.3 is 29.0 Å². The van der Waals surface area contributed by atoms with Crippen molar-refractivity contribution in [2.75, 3.05) is 34.4 Å². The number of unbranched alkanes of at least 4 members (excludes halogenated alkanes) is 3. The van der Waals surface area contributed by atoms with E-state index in [1.807, 2.05) is 30.3 Å². The van der Waals surface area contributed by atoms with Crippen LogP contribution in [0.2, 0.25) is 0 Å². The van der Waals surface area contributed by atoms with Crippen LogP contribution in [-0.2, 0) is 16.0 Å². The highest BCUT2D eigenvalue weighted by molar-refractivity contribution is 5.97. The van der Waals surface area contributed by atoms with Crippen molar-refractivity contribution in [3.05, 3.63) is 53.2 Å². The maximum atomic E-state index is 13.8. The number of para-hydroxylation sites is 1. The van der Waals surface area contributed by atoms with Gasteiger partial charge in [0.15, 0.2) is 11.5 Å². The summed E-state index contributed by atoms with van der Waals surface area (Å²) in [6.45, 7) is 2.88. The van der Waals surface area contributed by atoms with E-state index in [9.17, 15) is 9.59 Å².